The van der Waals surface area contributed by atoms with Crippen LogP contribution in [0.3, 0.4) is 0 Å². The summed E-state index contributed by atoms with van der Waals surface area (Å²) in [5, 5.41) is 5.12. The number of amides is 4. The third-order valence-electron chi connectivity index (χ3n) is 10.1. The van der Waals surface area contributed by atoms with Gasteiger partial charge < -0.3 is 19.7 Å². The van der Waals surface area contributed by atoms with Crippen molar-refractivity contribution >= 4 is 74.9 Å². The van der Waals surface area contributed by atoms with E-state index in [1.165, 1.54) is 25.6 Å². The predicted molar refractivity (Wildman–Crippen MR) is 204 cm³/mol. The quantitative estimate of drug-likeness (QED) is 0.149. The minimum Gasteiger partial charge on any atom is -0.493 e. The molecular formula is C39H37Cl2F2N7O6. The molecule has 0 bridgehead atoms. The molecule has 3 aliphatic heterocycles. The fourth-order valence-corrected chi connectivity index (χ4v) is 7.51. The molecule has 2 saturated heterocycles. The van der Waals surface area contributed by atoms with Crippen molar-refractivity contribution in [3.63, 3.8) is 0 Å². The molecule has 292 valence electrons. The molecule has 13 nitrogen and oxygen atoms in total. The second-order valence-electron chi connectivity index (χ2n) is 13.5. The van der Waals surface area contributed by atoms with Crippen LogP contribution in [0, 0.1) is 17.6 Å². The molecule has 8 rings (SSSR count). The number of nitrogens with zero attached hydrogens (tertiary/aromatic N) is 5. The van der Waals surface area contributed by atoms with Gasteiger partial charge >= 0.3 is 0 Å². The number of hydrogen-bond acceptors (Lipinski definition) is 11. The lowest BCUT2D eigenvalue weighted by Gasteiger charge is -2.39. The van der Waals surface area contributed by atoms with Crippen molar-refractivity contribution < 1.29 is 48.4 Å². The first-order valence-corrected chi connectivity index (χ1v) is 18.3. The molecule has 4 heterocycles. The SMILES string of the molecule is [2H]C1([2H])N(CC2CCC(Oc3cc4c(Nc5ccc(Cl)c(Cl)c5F)ncnc4cc3OC)CC2)C([2H])([2H])C([2H])([2H])N(c2ccc3c(c2F)C(=O)N(C2CCC(=O)NC2=O)C3=O)C1([2H])[2H]. The molecule has 3 aromatic carbocycles. The summed E-state index contributed by atoms with van der Waals surface area (Å²) in [6.45, 7) is -14.2. The van der Waals surface area contributed by atoms with Gasteiger partial charge in [0.25, 0.3) is 11.8 Å². The number of nitrogens with one attached hydrogen (secondary N) is 2. The highest BCUT2D eigenvalue weighted by Gasteiger charge is 2.46. The van der Waals surface area contributed by atoms with Crippen LogP contribution in [0.15, 0.2) is 42.7 Å². The minimum absolute atomic E-state index is 0.00647. The van der Waals surface area contributed by atoms with Gasteiger partial charge in [-0.1, -0.05) is 23.2 Å². The number of benzene rings is 3. The lowest BCUT2D eigenvalue weighted by molar-refractivity contribution is -0.136. The van der Waals surface area contributed by atoms with E-state index in [0.717, 1.165) is 12.1 Å². The van der Waals surface area contributed by atoms with Gasteiger partial charge in [0.05, 0.1) is 56.8 Å². The number of hydrogen-bond donors (Lipinski definition) is 2. The van der Waals surface area contributed by atoms with Crippen molar-refractivity contribution in [3.8, 4) is 11.5 Å². The molecule has 56 heavy (non-hydrogen) atoms. The number of anilines is 3. The Bertz CT molecular complexity index is 2620. The highest BCUT2D eigenvalue weighted by Crippen LogP contribution is 2.39. The number of rotatable bonds is 9. The topological polar surface area (TPSA) is 146 Å². The lowest BCUT2D eigenvalue weighted by atomic mass is 9.87. The highest BCUT2D eigenvalue weighted by atomic mass is 35.5. The van der Waals surface area contributed by atoms with Crippen LogP contribution in [0.25, 0.3) is 10.9 Å². The Morgan fingerprint density at radius 1 is 0.929 bits per heavy atom. The molecule has 1 unspecified atom stereocenters. The molecule has 0 spiro atoms. The fourth-order valence-electron chi connectivity index (χ4n) is 7.20. The van der Waals surface area contributed by atoms with Crippen LogP contribution in [-0.4, -0.2) is 95.2 Å². The summed E-state index contributed by atoms with van der Waals surface area (Å²) in [5.41, 5.74) is -2.06. The van der Waals surface area contributed by atoms with Gasteiger partial charge in [0.2, 0.25) is 11.8 Å². The summed E-state index contributed by atoms with van der Waals surface area (Å²) in [6, 6.07) is 6.25. The van der Waals surface area contributed by atoms with Crippen LogP contribution in [0.4, 0.5) is 26.0 Å². The van der Waals surface area contributed by atoms with Crippen LogP contribution < -0.4 is 25.0 Å². The summed E-state index contributed by atoms with van der Waals surface area (Å²) in [5.74, 6) is -6.07. The second kappa shape index (κ2) is 15.4. The summed E-state index contributed by atoms with van der Waals surface area (Å²) >= 11 is 12.0. The average Bonchev–Trinajstić information content (AvgIpc) is 3.49. The number of ether oxygens (including phenoxy) is 2. The number of imide groups is 2. The van der Waals surface area contributed by atoms with E-state index in [2.05, 4.69) is 15.3 Å². The van der Waals surface area contributed by atoms with Crippen LogP contribution in [0.1, 0.15) is 70.2 Å². The first-order valence-electron chi connectivity index (χ1n) is 21.5. The van der Waals surface area contributed by atoms with Crippen molar-refractivity contribution in [3.05, 3.63) is 75.5 Å². The predicted octanol–water partition coefficient (Wildman–Crippen LogP) is 6.13. The van der Waals surface area contributed by atoms with Crippen molar-refractivity contribution in [1.82, 2.24) is 25.1 Å². The number of carbonyl (C=O) groups excluding carboxylic acids is 4. The second-order valence-corrected chi connectivity index (χ2v) is 14.3. The van der Waals surface area contributed by atoms with Gasteiger partial charge in [-0.25, -0.2) is 18.7 Å². The smallest absolute Gasteiger partial charge is 0.265 e. The Morgan fingerprint density at radius 2 is 1.70 bits per heavy atom. The summed E-state index contributed by atoms with van der Waals surface area (Å²) in [7, 11) is 1.44. The number of aromatic nitrogens is 2. The van der Waals surface area contributed by atoms with Crippen LogP contribution in [-0.2, 0) is 9.59 Å². The van der Waals surface area contributed by atoms with E-state index in [1.54, 1.807) is 12.1 Å². The summed E-state index contributed by atoms with van der Waals surface area (Å²) in [4.78, 5) is 60.6. The maximum Gasteiger partial charge on any atom is 0.265 e. The van der Waals surface area contributed by atoms with E-state index in [-0.39, 0.29) is 39.3 Å². The minimum atomic E-state index is -3.51. The Hall–Kier alpha value is -5.12. The van der Waals surface area contributed by atoms with Gasteiger partial charge in [0.15, 0.2) is 23.1 Å². The monoisotopic (exact) mass is 815 g/mol. The Labute approximate surface area is 341 Å². The van der Waals surface area contributed by atoms with Crippen molar-refractivity contribution in [2.75, 3.05) is 49.9 Å². The van der Waals surface area contributed by atoms with Crippen molar-refractivity contribution in [2.45, 2.75) is 50.7 Å². The number of piperazine rings is 1. The van der Waals surface area contributed by atoms with Gasteiger partial charge in [-0.2, -0.15) is 0 Å². The number of halogens is 4. The molecule has 0 radical (unpaired) electrons. The Kier molecular flexibility index (Phi) is 8.04. The Balaban J connectivity index is 1.00. The van der Waals surface area contributed by atoms with Crippen LogP contribution in [0.5, 0.6) is 11.5 Å². The largest absolute Gasteiger partial charge is 0.493 e. The number of carbonyl (C=O) groups is 4. The van der Waals surface area contributed by atoms with Gasteiger partial charge in [-0.05, 0) is 68.4 Å². The lowest BCUT2D eigenvalue weighted by Crippen LogP contribution is -2.54. The zero-order chi connectivity index (χ0) is 46.4. The fraction of sp³-hybridized carbons (Fsp3) is 0.385. The van der Waals surface area contributed by atoms with E-state index >= 15 is 4.39 Å². The van der Waals surface area contributed by atoms with Crippen molar-refractivity contribution in [1.29, 1.82) is 0 Å². The normalized spacial score (nSPS) is 27.4. The molecule has 17 heteroatoms. The van der Waals surface area contributed by atoms with Crippen LogP contribution in [0.2, 0.25) is 10.0 Å². The van der Waals surface area contributed by atoms with Crippen molar-refractivity contribution in [2.24, 2.45) is 5.92 Å². The average molecular weight is 817 g/mol. The van der Waals surface area contributed by atoms with Gasteiger partial charge in [-0.3, -0.25) is 34.3 Å². The molecule has 2 N–H and O–H groups in total. The third-order valence-corrected chi connectivity index (χ3v) is 10.9. The summed E-state index contributed by atoms with van der Waals surface area (Å²) in [6.07, 6.45) is 1.70. The summed E-state index contributed by atoms with van der Waals surface area (Å²) < 4.78 is 115. The molecule has 4 amide bonds. The molecule has 4 aromatic rings. The molecule has 4 aliphatic rings. The van der Waals surface area contributed by atoms with Crippen LogP contribution >= 0.6 is 23.2 Å². The van der Waals surface area contributed by atoms with E-state index in [4.69, 9.17) is 43.6 Å². The number of methoxy groups -OCH3 is 1. The van der Waals surface area contributed by atoms with Gasteiger partial charge in [-0.15, -0.1) is 0 Å². The molecule has 1 atom stereocenters. The number of piperidine rings is 1. The third kappa shape index (κ3) is 7.07. The van der Waals surface area contributed by atoms with E-state index < -0.39 is 103 Å². The maximum atomic E-state index is 16.6. The molecule has 3 fully saturated rings. The zero-order valence-corrected chi connectivity index (χ0v) is 30.9. The zero-order valence-electron chi connectivity index (χ0n) is 37.4. The molecule has 1 saturated carbocycles. The van der Waals surface area contributed by atoms with E-state index in [1.807, 2.05) is 5.32 Å². The maximum absolute atomic E-state index is 16.6. The standard InChI is InChI=1S/C39H37Cl2F2N7O6/c1-55-29-17-26-23(36(45-19-44-26)46-25-8-7-24(40)33(41)34(25)42)16-30(29)56-21-4-2-20(3-5-21)18-48-12-14-49(15-13-48)27-9-6-22-32(35(27)43)39(54)50(38(22)53)28-10-11-31(51)47-37(28)52/h6-9,16-17,19-21,28H,2-5,10-15,18H2,1H3,(H,44,45,46)(H,47,51,52)/i12D2,13D2,14D2,15D2. The molecule has 1 aromatic heterocycles. The molecule has 1 aliphatic carbocycles. The first kappa shape index (κ1) is 29.2. The van der Waals surface area contributed by atoms with Gasteiger partial charge in [0, 0.05) is 55.9 Å². The molecular weight excluding hydrogens is 771 g/mol. The highest BCUT2D eigenvalue weighted by molar-refractivity contribution is 6.42. The van der Waals surface area contributed by atoms with E-state index in [0.29, 0.717) is 57.9 Å². The first-order chi connectivity index (χ1) is 30.0. The number of fused-ring (bicyclic) bond motifs is 2. The Morgan fingerprint density at radius 3 is 2.43 bits per heavy atom. The van der Waals surface area contributed by atoms with E-state index in [9.17, 15) is 23.6 Å². The van der Waals surface area contributed by atoms with Gasteiger partial charge in [0.1, 0.15) is 18.2 Å².